The van der Waals surface area contributed by atoms with E-state index >= 15 is 0 Å². The molecule has 0 aromatic carbocycles. The van der Waals surface area contributed by atoms with Gasteiger partial charge in [0.1, 0.15) is 6.04 Å². The zero-order valence-electron chi connectivity index (χ0n) is 18.9. The molecule has 6 heteroatoms. The molecule has 1 rings (SSSR count). The Kier molecular flexibility index (Phi) is 18.1. The SMILES string of the molecule is CCCCCCCCCCCCCCCC(N)=O.CCN1CCC(O)[C@H]1C(=O)O. The third-order valence-electron chi connectivity index (χ3n) is 5.66. The van der Waals surface area contributed by atoms with E-state index in [0.29, 0.717) is 25.9 Å². The standard InChI is InChI=1S/C16H33NO.C7H13NO3/c1-2-3-4-5-6-7-8-9-10-11-12-13-14-15-16(17)18;1-2-8-4-3-5(9)6(8)7(10)11/h2-15H2,1H3,(H2,17,18);5-6,9H,2-4H2,1H3,(H,10,11)/t;5?,6-/m.0/s1. The summed E-state index contributed by atoms with van der Waals surface area (Å²) >= 11 is 0. The van der Waals surface area contributed by atoms with E-state index in [-0.39, 0.29) is 5.91 Å². The average Bonchev–Trinajstić information content (AvgIpc) is 3.06. The van der Waals surface area contributed by atoms with Crippen LogP contribution in [0.25, 0.3) is 0 Å². The summed E-state index contributed by atoms with van der Waals surface area (Å²) in [6.45, 7) is 5.54. The molecule has 172 valence electrons. The van der Waals surface area contributed by atoms with Crippen molar-refractivity contribution in [2.75, 3.05) is 13.1 Å². The van der Waals surface area contributed by atoms with Gasteiger partial charge in [-0.15, -0.1) is 0 Å². The Morgan fingerprint density at radius 2 is 1.31 bits per heavy atom. The van der Waals surface area contributed by atoms with E-state index in [1.54, 1.807) is 4.90 Å². The van der Waals surface area contributed by atoms with Gasteiger partial charge in [0.05, 0.1) is 6.10 Å². The summed E-state index contributed by atoms with van der Waals surface area (Å²) in [5.41, 5.74) is 5.09. The van der Waals surface area contributed by atoms with Gasteiger partial charge < -0.3 is 15.9 Å². The van der Waals surface area contributed by atoms with Crippen LogP contribution >= 0.6 is 0 Å². The Morgan fingerprint density at radius 3 is 1.66 bits per heavy atom. The normalized spacial score (nSPS) is 19.0. The Bertz CT molecular complexity index is 418. The molecule has 2 atom stereocenters. The lowest BCUT2D eigenvalue weighted by molar-refractivity contribution is -0.144. The second-order valence-electron chi connectivity index (χ2n) is 8.23. The first-order chi connectivity index (χ1) is 13.9. The van der Waals surface area contributed by atoms with Gasteiger partial charge in [0.25, 0.3) is 0 Å². The number of carbonyl (C=O) groups is 2. The maximum absolute atomic E-state index is 10.6. The van der Waals surface area contributed by atoms with Crippen LogP contribution in [-0.4, -0.2) is 52.2 Å². The second-order valence-corrected chi connectivity index (χ2v) is 8.23. The Hall–Kier alpha value is -1.14. The summed E-state index contributed by atoms with van der Waals surface area (Å²) in [5.74, 6) is -1.07. The van der Waals surface area contributed by atoms with Gasteiger partial charge in [0.2, 0.25) is 5.91 Å². The molecule has 0 radical (unpaired) electrons. The highest BCUT2D eigenvalue weighted by atomic mass is 16.4. The van der Waals surface area contributed by atoms with Crippen LogP contribution in [0, 0.1) is 0 Å². The number of aliphatic carboxylic acids is 1. The molecule has 1 saturated heterocycles. The largest absolute Gasteiger partial charge is 0.480 e. The van der Waals surface area contributed by atoms with Crippen molar-refractivity contribution in [2.45, 2.75) is 122 Å². The second kappa shape index (κ2) is 18.9. The van der Waals surface area contributed by atoms with Gasteiger partial charge in [0, 0.05) is 13.0 Å². The monoisotopic (exact) mass is 414 g/mol. The van der Waals surface area contributed by atoms with Crippen LogP contribution in [0.2, 0.25) is 0 Å². The molecule has 1 amide bonds. The van der Waals surface area contributed by atoms with Crippen molar-refractivity contribution in [1.82, 2.24) is 4.90 Å². The van der Waals surface area contributed by atoms with Gasteiger partial charge >= 0.3 is 5.97 Å². The summed E-state index contributed by atoms with van der Waals surface area (Å²) in [7, 11) is 0. The molecule has 4 N–H and O–H groups in total. The molecular weight excluding hydrogens is 368 g/mol. The Morgan fingerprint density at radius 1 is 0.862 bits per heavy atom. The number of hydrogen-bond acceptors (Lipinski definition) is 4. The number of rotatable bonds is 16. The number of nitrogens with zero attached hydrogens (tertiary/aromatic N) is 1. The van der Waals surface area contributed by atoms with E-state index in [4.69, 9.17) is 10.8 Å². The van der Waals surface area contributed by atoms with Crippen LogP contribution < -0.4 is 5.73 Å². The van der Waals surface area contributed by atoms with Crippen LogP contribution in [-0.2, 0) is 9.59 Å². The van der Waals surface area contributed by atoms with Crippen molar-refractivity contribution >= 4 is 11.9 Å². The fourth-order valence-electron chi connectivity index (χ4n) is 3.83. The predicted molar refractivity (Wildman–Crippen MR) is 119 cm³/mol. The van der Waals surface area contributed by atoms with Gasteiger partial charge in [0.15, 0.2) is 0 Å². The van der Waals surface area contributed by atoms with Gasteiger partial charge in [-0.3, -0.25) is 14.5 Å². The number of aliphatic hydroxyl groups excluding tert-OH is 1. The van der Waals surface area contributed by atoms with Crippen LogP contribution in [0.3, 0.4) is 0 Å². The first-order valence-corrected chi connectivity index (χ1v) is 11.9. The lowest BCUT2D eigenvalue weighted by atomic mass is 10.0. The molecule has 0 bridgehead atoms. The van der Waals surface area contributed by atoms with Crippen LogP contribution in [0.4, 0.5) is 0 Å². The lowest BCUT2D eigenvalue weighted by Crippen LogP contribution is -2.41. The molecule has 6 nitrogen and oxygen atoms in total. The summed E-state index contributed by atoms with van der Waals surface area (Å²) in [6, 6.07) is -0.681. The molecule has 0 aromatic rings. The molecule has 0 aliphatic carbocycles. The summed E-state index contributed by atoms with van der Waals surface area (Å²) in [4.78, 5) is 22.9. The number of carboxylic acids is 1. The molecule has 29 heavy (non-hydrogen) atoms. The minimum Gasteiger partial charge on any atom is -0.480 e. The highest BCUT2D eigenvalue weighted by molar-refractivity contribution is 5.74. The number of carbonyl (C=O) groups excluding carboxylic acids is 1. The summed E-state index contributed by atoms with van der Waals surface area (Å²) < 4.78 is 0. The summed E-state index contributed by atoms with van der Waals surface area (Å²) in [5, 5.41) is 17.9. The predicted octanol–water partition coefficient (Wildman–Crippen LogP) is 4.48. The van der Waals surface area contributed by atoms with Crippen molar-refractivity contribution in [3.05, 3.63) is 0 Å². The van der Waals surface area contributed by atoms with Crippen LogP contribution in [0.1, 0.15) is 110 Å². The molecule has 0 saturated carbocycles. The van der Waals surface area contributed by atoms with Crippen molar-refractivity contribution < 1.29 is 19.8 Å². The third kappa shape index (κ3) is 15.4. The number of amides is 1. The Balaban J connectivity index is 0.000000604. The number of aliphatic hydroxyl groups is 1. The molecule has 1 fully saturated rings. The first kappa shape index (κ1) is 27.9. The van der Waals surface area contributed by atoms with E-state index in [9.17, 15) is 14.7 Å². The van der Waals surface area contributed by atoms with Crippen LogP contribution in [0.5, 0.6) is 0 Å². The van der Waals surface area contributed by atoms with E-state index in [1.165, 1.54) is 77.0 Å². The number of nitrogens with two attached hydrogens (primary N) is 1. The molecular formula is C23H46N2O4. The zero-order valence-corrected chi connectivity index (χ0v) is 18.9. The minimum atomic E-state index is -0.920. The number of primary amides is 1. The van der Waals surface area contributed by atoms with Crippen LogP contribution in [0.15, 0.2) is 0 Å². The number of hydrogen-bond donors (Lipinski definition) is 3. The van der Waals surface area contributed by atoms with Crippen molar-refractivity contribution in [3.63, 3.8) is 0 Å². The minimum absolute atomic E-state index is 0.155. The van der Waals surface area contributed by atoms with Gasteiger partial charge in [-0.25, -0.2) is 0 Å². The quantitative estimate of drug-likeness (QED) is 0.323. The number of likely N-dealkylation sites (tertiary alicyclic amines) is 1. The zero-order chi connectivity index (χ0) is 21.9. The smallest absolute Gasteiger partial charge is 0.323 e. The average molecular weight is 415 g/mol. The van der Waals surface area contributed by atoms with Gasteiger partial charge in [-0.05, 0) is 19.4 Å². The van der Waals surface area contributed by atoms with E-state index < -0.39 is 18.1 Å². The maximum Gasteiger partial charge on any atom is 0.323 e. The molecule has 1 aliphatic heterocycles. The number of unbranched alkanes of at least 4 members (excludes halogenated alkanes) is 12. The topological polar surface area (TPSA) is 104 Å². The first-order valence-electron chi connectivity index (χ1n) is 11.9. The molecule has 1 heterocycles. The highest BCUT2D eigenvalue weighted by Crippen LogP contribution is 2.17. The fourth-order valence-corrected chi connectivity index (χ4v) is 3.83. The van der Waals surface area contributed by atoms with Gasteiger partial charge in [-0.1, -0.05) is 90.9 Å². The molecule has 0 aromatic heterocycles. The third-order valence-corrected chi connectivity index (χ3v) is 5.66. The van der Waals surface area contributed by atoms with E-state index in [0.717, 1.165) is 6.42 Å². The van der Waals surface area contributed by atoms with Crippen molar-refractivity contribution in [3.8, 4) is 0 Å². The summed E-state index contributed by atoms with van der Waals surface area (Å²) in [6.07, 6.45) is 17.8. The molecule has 1 unspecified atom stereocenters. The molecule has 0 spiro atoms. The van der Waals surface area contributed by atoms with Gasteiger partial charge in [-0.2, -0.15) is 0 Å². The number of likely N-dealkylation sites (N-methyl/N-ethyl adjacent to an activating group) is 1. The Labute approximate surface area is 178 Å². The van der Waals surface area contributed by atoms with Crippen molar-refractivity contribution in [1.29, 1.82) is 0 Å². The lowest BCUT2D eigenvalue weighted by Gasteiger charge is -2.19. The van der Waals surface area contributed by atoms with Crippen molar-refractivity contribution in [2.24, 2.45) is 5.73 Å². The fraction of sp³-hybridized carbons (Fsp3) is 0.913. The van der Waals surface area contributed by atoms with E-state index in [1.807, 2.05) is 6.92 Å². The highest BCUT2D eigenvalue weighted by Gasteiger charge is 2.37. The van der Waals surface area contributed by atoms with E-state index in [2.05, 4.69) is 6.92 Å². The number of carboxylic acid groups (broad SMARTS) is 1. The molecule has 1 aliphatic rings. The maximum atomic E-state index is 10.6.